The molecule has 3 N–H and O–H groups in total. The molecule has 15 heavy (non-hydrogen) atoms. The van der Waals surface area contributed by atoms with Crippen LogP contribution >= 0.6 is 12.2 Å². The molecule has 0 aromatic rings. The van der Waals surface area contributed by atoms with E-state index in [4.69, 9.17) is 17.5 Å². The minimum absolute atomic E-state index is 0.174. The molecule has 0 radical (unpaired) electrons. The highest BCUT2D eigenvalue weighted by Gasteiger charge is 2.00. The van der Waals surface area contributed by atoms with Crippen molar-refractivity contribution in [2.75, 3.05) is 13.2 Å². The standard InChI is InChI=1S/C6H10N4O3S2/c1-2-3-7-6(14)8-5(9-10-15)4-12-13-11/h2,11H,1,3-4H2,(H2,7,8,9,14,15). The first-order chi connectivity index (χ1) is 7.24. The lowest BCUT2D eigenvalue weighted by molar-refractivity contribution is -0.485. The number of nitrogens with zero attached hydrogens (tertiary/aromatic N) is 2. The van der Waals surface area contributed by atoms with Crippen molar-refractivity contribution < 1.29 is 15.2 Å². The Labute approximate surface area is 97.2 Å². The van der Waals surface area contributed by atoms with E-state index >= 15 is 0 Å². The molecule has 0 fully saturated rings. The van der Waals surface area contributed by atoms with Gasteiger partial charge in [0.05, 0.1) is 12.4 Å². The molecular weight excluding hydrogens is 240 g/mol. The van der Waals surface area contributed by atoms with E-state index < -0.39 is 0 Å². The molecule has 0 aromatic heterocycles. The van der Waals surface area contributed by atoms with Crippen LogP contribution in [-0.4, -0.2) is 29.4 Å². The highest BCUT2D eigenvalue weighted by molar-refractivity contribution is 7.80. The van der Waals surface area contributed by atoms with Crippen molar-refractivity contribution in [2.45, 2.75) is 0 Å². The Morgan fingerprint density at radius 3 is 2.87 bits per heavy atom. The summed E-state index contributed by atoms with van der Waals surface area (Å²) in [5.41, 5.74) is 2.35. The number of nitrogens with one attached hydrogen (secondary N) is 2. The van der Waals surface area contributed by atoms with Crippen molar-refractivity contribution in [1.29, 1.82) is 0 Å². The van der Waals surface area contributed by atoms with Crippen LogP contribution in [0.25, 0.3) is 0 Å². The minimum atomic E-state index is -0.174. The molecule has 0 bridgehead atoms. The Morgan fingerprint density at radius 2 is 2.33 bits per heavy atom. The highest BCUT2D eigenvalue weighted by atomic mass is 32.1. The smallest absolute Gasteiger partial charge is 0.194 e. The van der Waals surface area contributed by atoms with Gasteiger partial charge >= 0.3 is 0 Å². The van der Waals surface area contributed by atoms with Crippen LogP contribution in [0.4, 0.5) is 0 Å². The van der Waals surface area contributed by atoms with Crippen molar-refractivity contribution in [1.82, 2.24) is 10.7 Å². The Morgan fingerprint density at radius 1 is 1.60 bits per heavy atom. The lowest BCUT2D eigenvalue weighted by Crippen LogP contribution is -2.28. The average molecular weight is 250 g/mol. The Hall–Kier alpha value is -1.00. The van der Waals surface area contributed by atoms with E-state index in [9.17, 15) is 0 Å². The van der Waals surface area contributed by atoms with Gasteiger partial charge in [0, 0.05) is 6.54 Å². The molecule has 0 aromatic carbocycles. The molecule has 0 unspecified atom stereocenters. The molecule has 9 heteroatoms. The van der Waals surface area contributed by atoms with E-state index in [0.29, 0.717) is 6.54 Å². The molecule has 7 nitrogen and oxygen atoms in total. The zero-order valence-corrected chi connectivity index (χ0v) is 9.31. The maximum absolute atomic E-state index is 7.94. The molecule has 84 valence electrons. The van der Waals surface area contributed by atoms with E-state index in [2.05, 4.69) is 49.1 Å². The molecule has 0 amide bonds. The van der Waals surface area contributed by atoms with Gasteiger partial charge in [-0.1, -0.05) is 11.1 Å². The zero-order chi connectivity index (χ0) is 11.5. The zero-order valence-electron chi connectivity index (χ0n) is 7.67. The van der Waals surface area contributed by atoms with Gasteiger partial charge in [-0.15, -0.1) is 11.1 Å². The largest absolute Gasteiger partial charge is 0.357 e. The van der Waals surface area contributed by atoms with Crippen LogP contribution in [0.2, 0.25) is 0 Å². The number of hydrogen-bond acceptors (Lipinski definition) is 6. The van der Waals surface area contributed by atoms with Crippen LogP contribution in [0.5, 0.6) is 0 Å². The predicted molar refractivity (Wildman–Crippen MR) is 60.8 cm³/mol. The first-order valence-electron chi connectivity index (χ1n) is 3.72. The van der Waals surface area contributed by atoms with Gasteiger partial charge in [0.2, 0.25) is 0 Å². The predicted octanol–water partition coefficient (Wildman–Crippen LogP) is 0.102. The second-order valence-electron chi connectivity index (χ2n) is 2.07. The summed E-state index contributed by atoms with van der Waals surface area (Å²) in [7, 11) is 0. The minimum Gasteiger partial charge on any atom is -0.357 e. The van der Waals surface area contributed by atoms with E-state index in [1.165, 1.54) is 0 Å². The second-order valence-corrected chi connectivity index (χ2v) is 2.64. The first kappa shape index (κ1) is 14.0. The highest BCUT2D eigenvalue weighted by Crippen LogP contribution is 1.83. The summed E-state index contributed by atoms with van der Waals surface area (Å²) in [4.78, 5) is 8.04. The molecule has 0 aliphatic heterocycles. The monoisotopic (exact) mass is 250 g/mol. The summed E-state index contributed by atoms with van der Waals surface area (Å²) in [5, 5.41) is 14.3. The van der Waals surface area contributed by atoms with Crippen LogP contribution in [0.3, 0.4) is 0 Å². The van der Waals surface area contributed by atoms with E-state index in [0.717, 1.165) is 0 Å². The van der Waals surface area contributed by atoms with Crippen LogP contribution in [0, 0.1) is 0 Å². The van der Waals surface area contributed by atoms with Crippen molar-refractivity contribution in [3.8, 4) is 0 Å². The molecule has 0 saturated heterocycles. The summed E-state index contributed by atoms with van der Waals surface area (Å²) >= 11 is 9.15. The van der Waals surface area contributed by atoms with Crippen molar-refractivity contribution in [2.24, 2.45) is 9.46 Å². The van der Waals surface area contributed by atoms with Gasteiger partial charge in [0.1, 0.15) is 6.61 Å². The third-order valence-electron chi connectivity index (χ3n) is 1.06. The van der Waals surface area contributed by atoms with Crippen LogP contribution in [-0.2, 0) is 22.4 Å². The van der Waals surface area contributed by atoms with Gasteiger partial charge in [-0.05, 0) is 12.2 Å². The summed E-state index contributed by atoms with van der Waals surface area (Å²) in [6.07, 6.45) is 1.62. The summed E-state index contributed by atoms with van der Waals surface area (Å²) < 4.78 is 3.20. The average Bonchev–Trinajstić information content (AvgIpc) is 2.23. The van der Waals surface area contributed by atoms with Gasteiger partial charge in [0.15, 0.2) is 10.9 Å². The summed E-state index contributed by atoms with van der Waals surface area (Å²) in [6, 6.07) is 0. The quantitative estimate of drug-likeness (QED) is 0.154. The van der Waals surface area contributed by atoms with Gasteiger partial charge in [-0.25, -0.2) is 10.2 Å². The number of rotatable bonds is 6. The SMILES string of the molecule is C=CCNC(=S)/N=C(/COOO)NN=S. The Kier molecular flexibility index (Phi) is 8.91. The molecular formula is C6H10N4O3S2. The van der Waals surface area contributed by atoms with Crippen molar-refractivity contribution in [3.05, 3.63) is 12.7 Å². The van der Waals surface area contributed by atoms with Gasteiger partial charge in [-0.2, -0.15) is 4.89 Å². The third kappa shape index (κ3) is 8.03. The Bertz CT molecular complexity index is 259. The van der Waals surface area contributed by atoms with E-state index in [1.54, 1.807) is 6.08 Å². The molecule has 0 aliphatic rings. The topological polar surface area (TPSA) is 87.5 Å². The maximum atomic E-state index is 7.94. The first-order valence-corrected chi connectivity index (χ1v) is 4.49. The molecule has 0 atom stereocenters. The van der Waals surface area contributed by atoms with Gasteiger partial charge in [0.25, 0.3) is 0 Å². The summed E-state index contributed by atoms with van der Waals surface area (Å²) in [6.45, 7) is 3.81. The fraction of sp³-hybridized carbons (Fsp3) is 0.333. The molecule has 0 rings (SSSR count). The Balaban J connectivity index is 4.17. The van der Waals surface area contributed by atoms with Crippen LogP contribution in [0.1, 0.15) is 0 Å². The number of hydrogen-bond donors (Lipinski definition) is 3. The maximum Gasteiger partial charge on any atom is 0.194 e. The molecule has 0 spiro atoms. The number of amidine groups is 1. The lowest BCUT2D eigenvalue weighted by atomic mass is 10.6. The lowest BCUT2D eigenvalue weighted by Gasteiger charge is -2.04. The molecule has 0 heterocycles. The molecule has 0 aliphatic carbocycles. The number of thiocarbonyl (C=S) groups is 1. The fourth-order valence-corrected chi connectivity index (χ4v) is 0.845. The van der Waals surface area contributed by atoms with Gasteiger partial charge < -0.3 is 5.32 Å². The van der Waals surface area contributed by atoms with E-state index in [1.807, 2.05) is 0 Å². The number of aliphatic imine (C=N–C) groups is 1. The van der Waals surface area contributed by atoms with Crippen LogP contribution in [0.15, 0.2) is 22.1 Å². The van der Waals surface area contributed by atoms with Crippen LogP contribution < -0.4 is 10.7 Å². The normalized spacial score (nSPS) is 10.6. The second kappa shape index (κ2) is 9.55. The van der Waals surface area contributed by atoms with Crippen molar-refractivity contribution in [3.63, 3.8) is 0 Å². The molecule has 0 saturated carbocycles. The van der Waals surface area contributed by atoms with E-state index in [-0.39, 0.29) is 17.6 Å². The summed E-state index contributed by atoms with van der Waals surface area (Å²) in [5.74, 6) is 0.195. The van der Waals surface area contributed by atoms with Gasteiger partial charge in [-0.3, -0.25) is 5.43 Å². The van der Waals surface area contributed by atoms with Crippen molar-refractivity contribution >= 4 is 35.6 Å². The third-order valence-corrected chi connectivity index (χ3v) is 1.38. The fourth-order valence-electron chi connectivity index (χ4n) is 0.546.